The van der Waals surface area contributed by atoms with Crippen LogP contribution in [-0.2, 0) is 0 Å². The van der Waals surface area contributed by atoms with E-state index in [0.29, 0.717) is 11.5 Å². The lowest BCUT2D eigenvalue weighted by Crippen LogP contribution is -1.98. The van der Waals surface area contributed by atoms with Crippen molar-refractivity contribution in [2.75, 3.05) is 0 Å². The molecule has 0 aliphatic rings. The summed E-state index contributed by atoms with van der Waals surface area (Å²) in [7, 11) is 0. The van der Waals surface area contributed by atoms with Gasteiger partial charge in [0.05, 0.1) is 0 Å². The quantitative estimate of drug-likeness (QED) is 0.833. The second-order valence-electron chi connectivity index (χ2n) is 3.37. The Kier molecular flexibility index (Phi) is 2.95. The average Bonchev–Trinajstić information content (AvgIpc) is 2.61. The van der Waals surface area contributed by atoms with E-state index in [4.69, 9.17) is 5.11 Å². The molecular weight excluding hydrogens is 319 g/mol. The molecule has 0 saturated heterocycles. The van der Waals surface area contributed by atoms with E-state index in [2.05, 4.69) is 32.6 Å². The summed E-state index contributed by atoms with van der Waals surface area (Å²) in [4.78, 5) is 17.9. The summed E-state index contributed by atoms with van der Waals surface area (Å²) in [6, 6.07) is 7.72. The zero-order valence-electron chi connectivity index (χ0n) is 8.49. The number of aryl methyl sites for hydroxylation is 1. The highest BCUT2D eigenvalue weighted by Crippen LogP contribution is 2.19. The minimum Gasteiger partial charge on any atom is -0.476 e. The topological polar surface area (TPSA) is 66.0 Å². The first-order valence-electron chi connectivity index (χ1n) is 4.64. The maximum Gasteiger partial charge on any atom is 0.356 e. The normalized spacial score (nSPS) is 10.4. The fraction of sp³-hybridized carbons (Fsp3) is 0.0909. The maximum atomic E-state index is 10.8. The molecule has 1 aromatic heterocycles. The summed E-state index contributed by atoms with van der Waals surface area (Å²) in [5, 5.41) is 8.89. The van der Waals surface area contributed by atoms with E-state index in [1.807, 2.05) is 24.3 Å². The Balaban J connectivity index is 2.45. The second kappa shape index (κ2) is 4.25. The summed E-state index contributed by atoms with van der Waals surface area (Å²) >= 11 is 2.21. The molecule has 0 amide bonds. The molecule has 0 bridgehead atoms. The SMILES string of the molecule is Cc1[nH]c(-c2ccc(I)cc2)nc1C(=O)O. The number of aromatic carboxylic acids is 1. The van der Waals surface area contributed by atoms with Crippen molar-refractivity contribution in [3.8, 4) is 11.4 Å². The highest BCUT2D eigenvalue weighted by atomic mass is 127. The highest BCUT2D eigenvalue weighted by molar-refractivity contribution is 14.1. The zero-order chi connectivity index (χ0) is 11.7. The van der Waals surface area contributed by atoms with Crippen molar-refractivity contribution in [3.63, 3.8) is 0 Å². The van der Waals surface area contributed by atoms with Crippen molar-refractivity contribution in [1.29, 1.82) is 0 Å². The molecule has 0 fully saturated rings. The third-order valence-corrected chi connectivity index (χ3v) is 2.92. The Morgan fingerprint density at radius 1 is 1.38 bits per heavy atom. The number of halogens is 1. The van der Waals surface area contributed by atoms with Crippen molar-refractivity contribution in [2.45, 2.75) is 6.92 Å². The lowest BCUT2D eigenvalue weighted by atomic mass is 10.2. The van der Waals surface area contributed by atoms with Gasteiger partial charge in [0, 0.05) is 14.8 Å². The number of rotatable bonds is 2. The highest BCUT2D eigenvalue weighted by Gasteiger charge is 2.13. The summed E-state index contributed by atoms with van der Waals surface area (Å²) in [5.74, 6) is -0.420. The van der Waals surface area contributed by atoms with E-state index >= 15 is 0 Å². The first-order chi connectivity index (χ1) is 7.58. The van der Waals surface area contributed by atoms with E-state index in [0.717, 1.165) is 9.13 Å². The van der Waals surface area contributed by atoms with Crippen LogP contribution in [0.25, 0.3) is 11.4 Å². The maximum absolute atomic E-state index is 10.8. The van der Waals surface area contributed by atoms with Gasteiger partial charge in [0.25, 0.3) is 0 Å². The number of carboxylic acid groups (broad SMARTS) is 1. The molecule has 2 aromatic rings. The van der Waals surface area contributed by atoms with Crippen molar-refractivity contribution >= 4 is 28.6 Å². The van der Waals surface area contributed by atoms with Crippen molar-refractivity contribution in [1.82, 2.24) is 9.97 Å². The van der Waals surface area contributed by atoms with Gasteiger partial charge in [-0.15, -0.1) is 0 Å². The van der Waals surface area contributed by atoms with Gasteiger partial charge in [0.1, 0.15) is 5.82 Å². The number of H-pyrrole nitrogens is 1. The molecule has 0 saturated carbocycles. The number of nitrogens with zero attached hydrogens (tertiary/aromatic N) is 1. The van der Waals surface area contributed by atoms with Crippen LogP contribution in [0.4, 0.5) is 0 Å². The molecule has 4 nitrogen and oxygen atoms in total. The van der Waals surface area contributed by atoms with Crippen LogP contribution in [-0.4, -0.2) is 21.0 Å². The summed E-state index contributed by atoms with van der Waals surface area (Å²) in [6.07, 6.45) is 0. The smallest absolute Gasteiger partial charge is 0.356 e. The summed E-state index contributed by atoms with van der Waals surface area (Å²) in [5.41, 5.74) is 1.53. The molecule has 82 valence electrons. The van der Waals surface area contributed by atoms with Gasteiger partial charge in [-0.2, -0.15) is 0 Å². The number of carboxylic acids is 1. The van der Waals surface area contributed by atoms with Crippen LogP contribution in [0.3, 0.4) is 0 Å². The number of aromatic amines is 1. The first-order valence-corrected chi connectivity index (χ1v) is 5.71. The monoisotopic (exact) mass is 328 g/mol. The van der Waals surface area contributed by atoms with Crippen molar-refractivity contribution in [2.24, 2.45) is 0 Å². The first kappa shape index (κ1) is 11.1. The van der Waals surface area contributed by atoms with Gasteiger partial charge < -0.3 is 10.1 Å². The minimum atomic E-state index is -1.01. The predicted molar refractivity (Wildman–Crippen MR) is 68.4 cm³/mol. The Labute approximate surface area is 106 Å². The van der Waals surface area contributed by atoms with Gasteiger partial charge in [-0.3, -0.25) is 0 Å². The van der Waals surface area contributed by atoms with Gasteiger partial charge in [0.2, 0.25) is 0 Å². The summed E-state index contributed by atoms with van der Waals surface area (Å²) in [6.45, 7) is 1.70. The van der Waals surface area contributed by atoms with Crippen LogP contribution in [0.2, 0.25) is 0 Å². The van der Waals surface area contributed by atoms with Gasteiger partial charge in [-0.25, -0.2) is 9.78 Å². The minimum absolute atomic E-state index is 0.0774. The number of hydrogen-bond acceptors (Lipinski definition) is 2. The molecule has 0 spiro atoms. The number of hydrogen-bond donors (Lipinski definition) is 2. The largest absolute Gasteiger partial charge is 0.476 e. The van der Waals surface area contributed by atoms with Crippen molar-refractivity contribution in [3.05, 3.63) is 39.2 Å². The Morgan fingerprint density at radius 2 is 2.00 bits per heavy atom. The van der Waals surface area contributed by atoms with E-state index in [1.165, 1.54) is 0 Å². The third-order valence-electron chi connectivity index (χ3n) is 2.20. The zero-order valence-corrected chi connectivity index (χ0v) is 10.6. The molecule has 2 N–H and O–H groups in total. The molecule has 2 rings (SSSR count). The van der Waals surface area contributed by atoms with Crippen LogP contribution in [0.1, 0.15) is 16.2 Å². The predicted octanol–water partition coefficient (Wildman–Crippen LogP) is 2.69. The second-order valence-corrected chi connectivity index (χ2v) is 4.62. The van der Waals surface area contributed by atoms with Crippen LogP contribution in [0.15, 0.2) is 24.3 Å². The Morgan fingerprint density at radius 3 is 2.50 bits per heavy atom. The van der Waals surface area contributed by atoms with Crippen LogP contribution >= 0.6 is 22.6 Å². The fourth-order valence-electron chi connectivity index (χ4n) is 1.41. The standard InChI is InChI=1S/C11H9IN2O2/c1-6-9(11(15)16)14-10(13-6)7-2-4-8(12)5-3-7/h2-5H,1H3,(H,13,14)(H,15,16). The molecule has 0 atom stereocenters. The molecule has 0 aliphatic heterocycles. The van der Waals surface area contributed by atoms with Crippen LogP contribution in [0.5, 0.6) is 0 Å². The van der Waals surface area contributed by atoms with E-state index in [9.17, 15) is 4.79 Å². The Hall–Kier alpha value is -1.37. The third kappa shape index (κ3) is 2.08. The molecule has 1 aromatic carbocycles. The average molecular weight is 328 g/mol. The van der Waals surface area contributed by atoms with E-state index < -0.39 is 5.97 Å². The van der Waals surface area contributed by atoms with Crippen LogP contribution < -0.4 is 0 Å². The number of nitrogens with one attached hydrogen (secondary N) is 1. The van der Waals surface area contributed by atoms with Crippen molar-refractivity contribution < 1.29 is 9.90 Å². The molecule has 0 aliphatic carbocycles. The molecule has 0 unspecified atom stereocenters. The van der Waals surface area contributed by atoms with Gasteiger partial charge in [0.15, 0.2) is 5.69 Å². The molecular formula is C11H9IN2O2. The van der Waals surface area contributed by atoms with Gasteiger partial charge in [-0.1, -0.05) is 12.1 Å². The number of imidazole rings is 1. The molecule has 5 heteroatoms. The fourth-order valence-corrected chi connectivity index (χ4v) is 1.77. The molecule has 16 heavy (non-hydrogen) atoms. The summed E-state index contributed by atoms with van der Waals surface area (Å²) < 4.78 is 1.13. The van der Waals surface area contributed by atoms with Gasteiger partial charge >= 0.3 is 5.97 Å². The lowest BCUT2D eigenvalue weighted by molar-refractivity contribution is 0.0690. The molecule has 0 radical (unpaired) electrons. The van der Waals surface area contributed by atoms with Gasteiger partial charge in [-0.05, 0) is 41.6 Å². The lowest BCUT2D eigenvalue weighted by Gasteiger charge is -1.95. The number of aromatic nitrogens is 2. The van der Waals surface area contributed by atoms with Crippen LogP contribution in [0, 0.1) is 10.5 Å². The van der Waals surface area contributed by atoms with E-state index in [-0.39, 0.29) is 5.69 Å². The number of carbonyl (C=O) groups is 1. The number of benzene rings is 1. The Bertz CT molecular complexity index is 531. The van der Waals surface area contributed by atoms with E-state index in [1.54, 1.807) is 6.92 Å². The molecule has 1 heterocycles.